The zero-order valence-corrected chi connectivity index (χ0v) is 11.0. The summed E-state index contributed by atoms with van der Waals surface area (Å²) in [7, 11) is 0. The van der Waals surface area contributed by atoms with E-state index in [-0.39, 0.29) is 29.7 Å². The predicted octanol–water partition coefficient (Wildman–Crippen LogP) is 1.59. The molecule has 1 rings (SSSR count). The fourth-order valence-corrected chi connectivity index (χ4v) is 1.24. The second kappa shape index (κ2) is 6.79. The third-order valence-electron chi connectivity index (χ3n) is 2.71. The molecule has 18 heavy (non-hydrogen) atoms. The van der Waals surface area contributed by atoms with Gasteiger partial charge in [-0.25, -0.2) is 0 Å². The van der Waals surface area contributed by atoms with Crippen molar-refractivity contribution >= 4 is 5.91 Å². The molecule has 1 amide bonds. The molecule has 1 N–H and O–H groups in total. The summed E-state index contributed by atoms with van der Waals surface area (Å²) in [4.78, 5) is 23.1. The highest BCUT2D eigenvalue weighted by molar-refractivity contribution is 5.77. The molecule has 0 unspecified atom stereocenters. The van der Waals surface area contributed by atoms with Gasteiger partial charge in [0.2, 0.25) is 5.43 Å². The van der Waals surface area contributed by atoms with Crippen LogP contribution in [0.2, 0.25) is 0 Å². The first-order chi connectivity index (χ1) is 8.50. The maximum atomic E-state index is 11.6. The van der Waals surface area contributed by atoms with Gasteiger partial charge in [0.25, 0.3) is 5.91 Å². The standard InChI is InChI=1S/C14H19NO3/c1-10(2)11(3)15-14(17)9-18-13-8-6-4-5-7-12(13)16/h4-8,10-11H,9H2,1-3H3,(H,15,17)/t11-/m1/s1. The van der Waals surface area contributed by atoms with E-state index in [0.29, 0.717) is 5.92 Å². The van der Waals surface area contributed by atoms with Crippen LogP contribution in [0.25, 0.3) is 0 Å². The molecule has 0 aliphatic rings. The lowest BCUT2D eigenvalue weighted by atomic mass is 10.1. The van der Waals surface area contributed by atoms with Crippen molar-refractivity contribution in [2.45, 2.75) is 26.8 Å². The molecule has 0 fully saturated rings. The number of nitrogens with one attached hydrogen (secondary N) is 1. The molecular weight excluding hydrogens is 230 g/mol. The summed E-state index contributed by atoms with van der Waals surface area (Å²) in [6.07, 6.45) is 0. The summed E-state index contributed by atoms with van der Waals surface area (Å²) in [5, 5.41) is 2.81. The van der Waals surface area contributed by atoms with E-state index >= 15 is 0 Å². The van der Waals surface area contributed by atoms with Crippen LogP contribution in [0.4, 0.5) is 0 Å². The van der Waals surface area contributed by atoms with Gasteiger partial charge in [0, 0.05) is 6.04 Å². The molecule has 1 aromatic rings. The smallest absolute Gasteiger partial charge is 0.258 e. The van der Waals surface area contributed by atoms with Gasteiger partial charge in [0.1, 0.15) is 0 Å². The predicted molar refractivity (Wildman–Crippen MR) is 70.6 cm³/mol. The van der Waals surface area contributed by atoms with Crippen molar-refractivity contribution in [2.75, 3.05) is 6.61 Å². The van der Waals surface area contributed by atoms with E-state index in [2.05, 4.69) is 5.32 Å². The molecule has 98 valence electrons. The molecule has 1 aromatic carbocycles. The normalized spacial score (nSPS) is 12.0. The second-order valence-corrected chi connectivity index (χ2v) is 4.53. The highest BCUT2D eigenvalue weighted by atomic mass is 16.5. The molecule has 4 heteroatoms. The quantitative estimate of drug-likeness (QED) is 0.862. The molecule has 1 atom stereocenters. The van der Waals surface area contributed by atoms with Gasteiger partial charge in [-0.05, 0) is 25.0 Å². The Balaban J connectivity index is 2.54. The zero-order chi connectivity index (χ0) is 13.5. The summed E-state index contributed by atoms with van der Waals surface area (Å²) in [6, 6.07) is 8.11. The minimum Gasteiger partial charge on any atom is -0.480 e. The van der Waals surface area contributed by atoms with Gasteiger partial charge >= 0.3 is 0 Å². The maximum absolute atomic E-state index is 11.6. The average Bonchev–Trinajstić information content (AvgIpc) is 2.51. The van der Waals surface area contributed by atoms with Crippen molar-refractivity contribution in [1.82, 2.24) is 5.32 Å². The van der Waals surface area contributed by atoms with E-state index in [1.165, 1.54) is 6.07 Å². The Morgan fingerprint density at radius 1 is 1.22 bits per heavy atom. The van der Waals surface area contributed by atoms with Crippen molar-refractivity contribution in [2.24, 2.45) is 5.92 Å². The largest absolute Gasteiger partial charge is 0.480 e. The molecule has 0 aliphatic carbocycles. The first kappa shape index (κ1) is 14.2. The first-order valence-electron chi connectivity index (χ1n) is 6.02. The SMILES string of the molecule is CC(C)[C@@H](C)NC(=O)COc1cccccc1=O. The summed E-state index contributed by atoms with van der Waals surface area (Å²) >= 11 is 0. The van der Waals surface area contributed by atoms with Crippen LogP contribution in [0.3, 0.4) is 0 Å². The van der Waals surface area contributed by atoms with Crippen molar-refractivity contribution in [3.05, 3.63) is 40.6 Å². The molecule has 0 heterocycles. The highest BCUT2D eigenvalue weighted by Gasteiger charge is 2.11. The van der Waals surface area contributed by atoms with Crippen LogP contribution < -0.4 is 15.5 Å². The Hall–Kier alpha value is -1.84. The van der Waals surface area contributed by atoms with Gasteiger partial charge < -0.3 is 10.1 Å². The molecule has 0 radical (unpaired) electrons. The lowest BCUT2D eigenvalue weighted by molar-refractivity contribution is -0.124. The Kier molecular flexibility index (Phi) is 5.36. The number of amides is 1. The van der Waals surface area contributed by atoms with E-state index < -0.39 is 0 Å². The number of carbonyl (C=O) groups excluding carboxylic acids is 1. The Morgan fingerprint density at radius 2 is 1.89 bits per heavy atom. The van der Waals surface area contributed by atoms with Gasteiger partial charge in [-0.1, -0.05) is 32.0 Å². The molecule has 0 bridgehead atoms. The molecule has 4 nitrogen and oxygen atoms in total. The Morgan fingerprint density at radius 3 is 2.56 bits per heavy atom. The number of ether oxygens (including phenoxy) is 1. The van der Waals surface area contributed by atoms with E-state index in [1.807, 2.05) is 20.8 Å². The van der Waals surface area contributed by atoms with Gasteiger partial charge in [-0.15, -0.1) is 0 Å². The highest BCUT2D eigenvalue weighted by Crippen LogP contribution is 2.02. The number of hydrogen-bond donors (Lipinski definition) is 1. The summed E-state index contributed by atoms with van der Waals surface area (Å²) in [5.74, 6) is 0.327. The molecule has 0 aliphatic heterocycles. The third kappa shape index (κ3) is 4.57. The fourth-order valence-electron chi connectivity index (χ4n) is 1.24. The number of carbonyl (C=O) groups is 1. The van der Waals surface area contributed by atoms with Crippen molar-refractivity contribution < 1.29 is 9.53 Å². The fraction of sp³-hybridized carbons (Fsp3) is 0.429. The van der Waals surface area contributed by atoms with Crippen molar-refractivity contribution in [3.8, 4) is 5.75 Å². The van der Waals surface area contributed by atoms with Crippen LogP contribution in [0.15, 0.2) is 35.1 Å². The zero-order valence-electron chi connectivity index (χ0n) is 11.0. The maximum Gasteiger partial charge on any atom is 0.258 e. The van der Waals surface area contributed by atoms with Gasteiger partial charge in [-0.3, -0.25) is 9.59 Å². The topological polar surface area (TPSA) is 55.4 Å². The van der Waals surface area contributed by atoms with Crippen LogP contribution in [0, 0.1) is 5.92 Å². The van der Waals surface area contributed by atoms with Crippen LogP contribution in [-0.2, 0) is 4.79 Å². The monoisotopic (exact) mass is 249 g/mol. The minimum atomic E-state index is -0.232. The Labute approximate surface area is 107 Å². The number of hydrogen-bond acceptors (Lipinski definition) is 3. The van der Waals surface area contributed by atoms with Crippen LogP contribution in [0.1, 0.15) is 20.8 Å². The molecular formula is C14H19NO3. The van der Waals surface area contributed by atoms with Crippen molar-refractivity contribution in [3.63, 3.8) is 0 Å². The van der Waals surface area contributed by atoms with Gasteiger partial charge in [0.05, 0.1) is 0 Å². The van der Waals surface area contributed by atoms with Gasteiger partial charge in [0.15, 0.2) is 12.4 Å². The summed E-state index contributed by atoms with van der Waals surface area (Å²) in [6.45, 7) is 5.85. The van der Waals surface area contributed by atoms with Crippen molar-refractivity contribution in [1.29, 1.82) is 0 Å². The van der Waals surface area contributed by atoms with Crippen LogP contribution >= 0.6 is 0 Å². The van der Waals surface area contributed by atoms with Crippen LogP contribution in [0.5, 0.6) is 5.75 Å². The van der Waals surface area contributed by atoms with Gasteiger partial charge in [-0.2, -0.15) is 0 Å². The average molecular weight is 249 g/mol. The van der Waals surface area contributed by atoms with E-state index in [9.17, 15) is 9.59 Å². The molecule has 0 spiro atoms. The van der Waals surface area contributed by atoms with E-state index in [1.54, 1.807) is 24.3 Å². The molecule has 0 saturated carbocycles. The minimum absolute atomic E-state index is 0.0831. The summed E-state index contributed by atoms with van der Waals surface area (Å²) < 4.78 is 5.21. The lowest BCUT2D eigenvalue weighted by Crippen LogP contribution is -2.39. The molecule has 0 aromatic heterocycles. The number of rotatable bonds is 5. The second-order valence-electron chi connectivity index (χ2n) is 4.53. The molecule has 0 saturated heterocycles. The van der Waals surface area contributed by atoms with E-state index in [4.69, 9.17) is 4.74 Å². The third-order valence-corrected chi connectivity index (χ3v) is 2.71. The van der Waals surface area contributed by atoms with E-state index in [0.717, 1.165) is 0 Å². The lowest BCUT2D eigenvalue weighted by Gasteiger charge is -2.17. The Bertz CT molecular complexity index is 457. The van der Waals surface area contributed by atoms with Crippen LogP contribution in [-0.4, -0.2) is 18.6 Å². The first-order valence-corrected chi connectivity index (χ1v) is 6.02. The summed E-state index contributed by atoms with van der Waals surface area (Å²) in [5.41, 5.74) is -0.232.